The molecule has 1 unspecified atom stereocenters. The summed E-state index contributed by atoms with van der Waals surface area (Å²) < 4.78 is 5.14. The lowest BCUT2D eigenvalue weighted by Gasteiger charge is -2.09. The molecular formula is C12H20O2. The molecule has 1 rings (SSSR count). The molecule has 80 valence electrons. The number of hydrogen-bond donors (Lipinski definition) is 0. The second kappa shape index (κ2) is 6.63. The molecule has 0 radical (unpaired) electrons. The summed E-state index contributed by atoms with van der Waals surface area (Å²) in [7, 11) is 0. The van der Waals surface area contributed by atoms with E-state index in [0.717, 1.165) is 19.3 Å². The molecule has 0 aromatic heterocycles. The van der Waals surface area contributed by atoms with E-state index in [1.54, 1.807) is 0 Å². The Hall–Kier alpha value is -0.790. The normalized spacial score (nSPS) is 26.1. The van der Waals surface area contributed by atoms with Crippen LogP contribution in [0, 0.1) is 5.92 Å². The molecule has 0 fully saturated rings. The van der Waals surface area contributed by atoms with Crippen molar-refractivity contribution in [1.82, 2.24) is 0 Å². The first-order chi connectivity index (χ1) is 6.79. The number of carbonyl (C=O) groups excluding carboxylic acids is 1. The van der Waals surface area contributed by atoms with E-state index in [9.17, 15) is 4.79 Å². The highest BCUT2D eigenvalue weighted by Gasteiger charge is 2.05. The molecule has 0 amide bonds. The Morgan fingerprint density at radius 1 is 1.29 bits per heavy atom. The van der Waals surface area contributed by atoms with Gasteiger partial charge in [0.05, 0.1) is 6.61 Å². The van der Waals surface area contributed by atoms with Crippen LogP contribution < -0.4 is 0 Å². The maximum absolute atomic E-state index is 11.2. The third-order valence-corrected chi connectivity index (χ3v) is 2.47. The number of rotatable bonds is 0. The number of esters is 1. The smallest absolute Gasteiger partial charge is 0.305 e. The topological polar surface area (TPSA) is 26.3 Å². The molecule has 1 aliphatic rings. The van der Waals surface area contributed by atoms with Crippen LogP contribution in [-0.4, -0.2) is 12.6 Å². The van der Waals surface area contributed by atoms with Crippen molar-refractivity contribution in [3.05, 3.63) is 12.2 Å². The summed E-state index contributed by atoms with van der Waals surface area (Å²) in [5.41, 5.74) is 0. The Bertz CT molecular complexity index is 196. The Kier molecular flexibility index (Phi) is 5.35. The second-order valence-electron chi connectivity index (χ2n) is 4.04. The molecule has 0 saturated carbocycles. The summed E-state index contributed by atoms with van der Waals surface area (Å²) in [6.07, 6.45) is 10.7. The van der Waals surface area contributed by atoms with Crippen LogP contribution in [0.4, 0.5) is 0 Å². The van der Waals surface area contributed by atoms with Crippen LogP contribution in [-0.2, 0) is 9.53 Å². The first-order valence-corrected chi connectivity index (χ1v) is 5.61. The molecular weight excluding hydrogens is 176 g/mol. The molecule has 14 heavy (non-hydrogen) atoms. The molecule has 0 aromatic rings. The van der Waals surface area contributed by atoms with Crippen LogP contribution in [0.2, 0.25) is 0 Å². The molecule has 0 aliphatic carbocycles. The SMILES string of the molecule is CC1C=CCCCCCCC(=O)OC1. The van der Waals surface area contributed by atoms with Gasteiger partial charge in [-0.2, -0.15) is 0 Å². The minimum Gasteiger partial charge on any atom is -0.465 e. The van der Waals surface area contributed by atoms with Gasteiger partial charge in [0.25, 0.3) is 0 Å². The summed E-state index contributed by atoms with van der Waals surface area (Å²) in [6, 6.07) is 0. The zero-order valence-corrected chi connectivity index (χ0v) is 9.00. The second-order valence-corrected chi connectivity index (χ2v) is 4.04. The monoisotopic (exact) mass is 196 g/mol. The third kappa shape index (κ3) is 5.05. The van der Waals surface area contributed by atoms with Gasteiger partial charge in [-0.3, -0.25) is 4.79 Å². The number of carbonyl (C=O) groups is 1. The number of cyclic esters (lactones) is 1. The fourth-order valence-electron chi connectivity index (χ4n) is 1.57. The van der Waals surface area contributed by atoms with E-state index in [2.05, 4.69) is 19.1 Å². The van der Waals surface area contributed by atoms with Gasteiger partial charge in [-0.05, 0) is 19.3 Å². The fraction of sp³-hybridized carbons (Fsp3) is 0.750. The van der Waals surface area contributed by atoms with Gasteiger partial charge >= 0.3 is 5.97 Å². The van der Waals surface area contributed by atoms with E-state index in [0.29, 0.717) is 18.9 Å². The molecule has 0 aromatic carbocycles. The van der Waals surface area contributed by atoms with Gasteiger partial charge in [-0.1, -0.05) is 31.9 Å². The number of hydrogen-bond acceptors (Lipinski definition) is 2. The van der Waals surface area contributed by atoms with Crippen molar-refractivity contribution in [2.45, 2.75) is 45.4 Å². The van der Waals surface area contributed by atoms with Gasteiger partial charge in [0.1, 0.15) is 0 Å². The van der Waals surface area contributed by atoms with Crippen LogP contribution in [0.25, 0.3) is 0 Å². The summed E-state index contributed by atoms with van der Waals surface area (Å²) >= 11 is 0. The molecule has 0 bridgehead atoms. The average molecular weight is 196 g/mol. The average Bonchev–Trinajstić information content (AvgIpc) is 2.17. The van der Waals surface area contributed by atoms with Crippen molar-refractivity contribution in [3.8, 4) is 0 Å². The van der Waals surface area contributed by atoms with Crippen LogP contribution in [0.1, 0.15) is 45.4 Å². The van der Waals surface area contributed by atoms with Gasteiger partial charge in [0.2, 0.25) is 0 Å². The third-order valence-electron chi connectivity index (χ3n) is 2.47. The predicted octanol–water partition coefficient (Wildman–Crippen LogP) is 3.08. The standard InChI is InChI=1S/C12H20O2/c1-11-8-6-4-2-3-5-7-9-12(13)14-10-11/h6,8,11H,2-5,7,9-10H2,1H3. The van der Waals surface area contributed by atoms with Crippen molar-refractivity contribution in [3.63, 3.8) is 0 Å². The Morgan fingerprint density at radius 3 is 2.93 bits per heavy atom. The molecule has 1 atom stereocenters. The van der Waals surface area contributed by atoms with E-state index in [1.165, 1.54) is 12.8 Å². The highest BCUT2D eigenvalue weighted by Crippen LogP contribution is 2.10. The summed E-state index contributed by atoms with van der Waals surface area (Å²) in [4.78, 5) is 11.2. The lowest BCUT2D eigenvalue weighted by molar-refractivity contribution is -0.144. The molecule has 0 N–H and O–H groups in total. The molecule has 2 heteroatoms. The molecule has 0 spiro atoms. The zero-order chi connectivity index (χ0) is 10.2. The molecule has 0 saturated heterocycles. The van der Waals surface area contributed by atoms with Crippen LogP contribution in [0.5, 0.6) is 0 Å². The largest absolute Gasteiger partial charge is 0.465 e. The van der Waals surface area contributed by atoms with Crippen molar-refractivity contribution >= 4 is 5.97 Å². The Morgan fingerprint density at radius 2 is 2.07 bits per heavy atom. The van der Waals surface area contributed by atoms with Gasteiger partial charge in [0, 0.05) is 12.3 Å². The molecule has 1 aliphatic heterocycles. The van der Waals surface area contributed by atoms with Crippen molar-refractivity contribution < 1.29 is 9.53 Å². The molecule has 1 heterocycles. The van der Waals surface area contributed by atoms with Gasteiger partial charge in [-0.15, -0.1) is 0 Å². The highest BCUT2D eigenvalue weighted by molar-refractivity contribution is 5.69. The maximum Gasteiger partial charge on any atom is 0.305 e. The predicted molar refractivity (Wildman–Crippen MR) is 57.0 cm³/mol. The first kappa shape index (κ1) is 11.3. The summed E-state index contributed by atoms with van der Waals surface area (Å²) in [5.74, 6) is 0.323. The van der Waals surface area contributed by atoms with E-state index < -0.39 is 0 Å². The number of allylic oxidation sites excluding steroid dienone is 1. The summed E-state index contributed by atoms with van der Waals surface area (Å²) in [6.45, 7) is 2.62. The van der Waals surface area contributed by atoms with E-state index >= 15 is 0 Å². The van der Waals surface area contributed by atoms with Crippen molar-refractivity contribution in [1.29, 1.82) is 0 Å². The van der Waals surface area contributed by atoms with Crippen LogP contribution in [0.3, 0.4) is 0 Å². The Labute approximate surface area is 86.3 Å². The lowest BCUT2D eigenvalue weighted by Crippen LogP contribution is -2.10. The van der Waals surface area contributed by atoms with Crippen LogP contribution in [0.15, 0.2) is 12.2 Å². The minimum absolute atomic E-state index is 0.0363. The van der Waals surface area contributed by atoms with Gasteiger partial charge in [-0.25, -0.2) is 0 Å². The van der Waals surface area contributed by atoms with Gasteiger partial charge in [0.15, 0.2) is 0 Å². The van der Waals surface area contributed by atoms with E-state index in [-0.39, 0.29) is 5.97 Å². The first-order valence-electron chi connectivity index (χ1n) is 5.61. The van der Waals surface area contributed by atoms with E-state index in [1.807, 2.05) is 0 Å². The highest BCUT2D eigenvalue weighted by atomic mass is 16.5. The lowest BCUT2D eigenvalue weighted by atomic mass is 10.1. The fourth-order valence-corrected chi connectivity index (χ4v) is 1.57. The maximum atomic E-state index is 11.2. The number of ether oxygens (including phenoxy) is 1. The summed E-state index contributed by atoms with van der Waals surface area (Å²) in [5, 5.41) is 0. The van der Waals surface area contributed by atoms with Crippen molar-refractivity contribution in [2.24, 2.45) is 5.92 Å². The zero-order valence-electron chi connectivity index (χ0n) is 9.00. The Balaban J connectivity index is 2.36. The van der Waals surface area contributed by atoms with E-state index in [4.69, 9.17) is 4.74 Å². The quantitative estimate of drug-likeness (QED) is 0.439. The van der Waals surface area contributed by atoms with Crippen LogP contribution >= 0.6 is 0 Å². The van der Waals surface area contributed by atoms with Gasteiger partial charge < -0.3 is 4.74 Å². The van der Waals surface area contributed by atoms with Crippen molar-refractivity contribution in [2.75, 3.05) is 6.61 Å². The molecule has 2 nitrogen and oxygen atoms in total. The minimum atomic E-state index is -0.0363.